The van der Waals surface area contributed by atoms with Gasteiger partial charge in [-0.3, -0.25) is 9.59 Å². The number of carbonyl (C=O) groups excluding carboxylic acids is 2. The standard InChI is InChI=1S/C71H125NO10/c1-4-7-10-13-16-19-22-25-27-29-30-31-32-33-34-35-36-37-39-41-44-47-50-53-56-59-66(76)82-69-68(78)67(77)65(60-73)81-71(69)80-61-62(63(74)57-54-51-48-45-42-24-21-18-15-12-9-6-3)72-70(79)64(75)58-55-52-49-46-43-40-38-28-26-23-20-17-14-11-8-5-2/h7,10,16,19,25-28,30-31,33-34,54,57,62-65,67-69,71,73-75,77-78H,4-6,8-9,11-15,17-18,20-24,29,32,35-53,55-56,58-61H2,1-3H3,(H,72,79)/b10-7-,19-16-,27-25-,28-26+,31-30-,34-33-,57-54+. The fourth-order valence-corrected chi connectivity index (χ4v) is 10.2. The summed E-state index contributed by atoms with van der Waals surface area (Å²) in [6.07, 6.45) is 66.1. The molecule has 8 unspecified atom stereocenters. The van der Waals surface area contributed by atoms with Crippen molar-refractivity contribution in [1.29, 1.82) is 0 Å². The molecule has 1 saturated heterocycles. The normalized spacial score (nSPS) is 19.1. The number of unbranched alkanes of at least 4 members (excludes halogenated alkanes) is 31. The van der Waals surface area contributed by atoms with Gasteiger partial charge in [-0.2, -0.15) is 0 Å². The minimum absolute atomic E-state index is 0.112. The molecule has 0 saturated carbocycles. The van der Waals surface area contributed by atoms with Crippen molar-refractivity contribution >= 4 is 11.9 Å². The van der Waals surface area contributed by atoms with E-state index in [0.29, 0.717) is 12.8 Å². The second-order valence-electron chi connectivity index (χ2n) is 23.2. The van der Waals surface area contributed by atoms with Gasteiger partial charge in [0.15, 0.2) is 12.4 Å². The van der Waals surface area contributed by atoms with E-state index in [1.54, 1.807) is 6.08 Å². The van der Waals surface area contributed by atoms with Crippen molar-refractivity contribution in [1.82, 2.24) is 5.32 Å². The summed E-state index contributed by atoms with van der Waals surface area (Å²) < 4.78 is 17.7. The summed E-state index contributed by atoms with van der Waals surface area (Å²) in [4.78, 5) is 26.6. The number of amides is 1. The Labute approximate surface area is 502 Å². The second kappa shape index (κ2) is 58.2. The minimum Gasteiger partial charge on any atom is -0.454 e. The molecule has 11 nitrogen and oxygen atoms in total. The van der Waals surface area contributed by atoms with E-state index in [9.17, 15) is 35.1 Å². The maximum Gasteiger partial charge on any atom is 0.306 e. The summed E-state index contributed by atoms with van der Waals surface area (Å²) in [6.45, 7) is 5.68. The van der Waals surface area contributed by atoms with Gasteiger partial charge >= 0.3 is 5.97 Å². The van der Waals surface area contributed by atoms with Crippen LogP contribution in [0.5, 0.6) is 0 Å². The molecule has 11 heteroatoms. The molecule has 0 bridgehead atoms. The number of hydrogen-bond donors (Lipinski definition) is 6. The van der Waals surface area contributed by atoms with E-state index >= 15 is 0 Å². The zero-order chi connectivity index (χ0) is 59.6. The van der Waals surface area contributed by atoms with Crippen molar-refractivity contribution in [3.8, 4) is 0 Å². The van der Waals surface area contributed by atoms with Crippen LogP contribution in [0.15, 0.2) is 85.1 Å². The van der Waals surface area contributed by atoms with Gasteiger partial charge in [0.1, 0.15) is 24.4 Å². The highest BCUT2D eigenvalue weighted by Gasteiger charge is 2.47. The van der Waals surface area contributed by atoms with Gasteiger partial charge in [0.05, 0.1) is 25.4 Å². The van der Waals surface area contributed by atoms with E-state index in [1.165, 1.54) is 128 Å². The first-order chi connectivity index (χ1) is 40.2. The second-order valence-corrected chi connectivity index (χ2v) is 23.2. The highest BCUT2D eigenvalue weighted by molar-refractivity contribution is 5.80. The van der Waals surface area contributed by atoms with E-state index in [4.69, 9.17) is 14.2 Å². The molecule has 474 valence electrons. The molecule has 0 aromatic heterocycles. The van der Waals surface area contributed by atoms with Crippen molar-refractivity contribution in [2.45, 2.75) is 339 Å². The third-order valence-electron chi connectivity index (χ3n) is 15.5. The first kappa shape index (κ1) is 76.9. The number of rotatable bonds is 57. The molecule has 1 aliphatic rings. The lowest BCUT2D eigenvalue weighted by atomic mass is 9.99. The van der Waals surface area contributed by atoms with Gasteiger partial charge in [0, 0.05) is 6.42 Å². The lowest BCUT2D eigenvalue weighted by molar-refractivity contribution is -0.305. The molecule has 6 N–H and O–H groups in total. The summed E-state index contributed by atoms with van der Waals surface area (Å²) in [5.41, 5.74) is 0. The van der Waals surface area contributed by atoms with Gasteiger partial charge in [0.25, 0.3) is 0 Å². The summed E-state index contributed by atoms with van der Waals surface area (Å²) in [7, 11) is 0. The molecular formula is C71H125NO10. The summed E-state index contributed by atoms with van der Waals surface area (Å²) >= 11 is 0. The van der Waals surface area contributed by atoms with Crippen molar-refractivity contribution in [3.05, 3.63) is 85.1 Å². The maximum atomic E-state index is 13.4. The SMILES string of the molecule is CC/C=C\C/C=C\C/C=C\C/C=C\C/C=C\CCCCCCCCCCCC(=O)OC1C(OCC(NC(=O)C(O)CCCCCCCC/C=C/CCCCCCCC)C(O)/C=C/CCCCCCCCCCCC)OC(CO)C(O)C1O. The van der Waals surface area contributed by atoms with E-state index < -0.39 is 67.4 Å². The number of carbonyl (C=O) groups is 2. The average molecular weight is 1150 g/mol. The Morgan fingerprint density at radius 2 is 0.878 bits per heavy atom. The lowest BCUT2D eigenvalue weighted by Crippen LogP contribution is -2.61. The predicted molar refractivity (Wildman–Crippen MR) is 342 cm³/mol. The Hall–Kier alpha value is -3.16. The van der Waals surface area contributed by atoms with Crippen LogP contribution in [0.25, 0.3) is 0 Å². The Morgan fingerprint density at radius 1 is 0.488 bits per heavy atom. The quantitative estimate of drug-likeness (QED) is 0.0195. The van der Waals surface area contributed by atoms with Crippen molar-refractivity contribution in [2.75, 3.05) is 13.2 Å². The smallest absolute Gasteiger partial charge is 0.306 e. The molecule has 1 rings (SSSR count). The molecule has 0 spiro atoms. The monoisotopic (exact) mass is 1150 g/mol. The number of allylic oxidation sites excluding steroid dienone is 13. The van der Waals surface area contributed by atoms with Crippen LogP contribution in [-0.4, -0.2) is 99.6 Å². The largest absolute Gasteiger partial charge is 0.454 e. The number of aliphatic hydroxyl groups is 5. The molecular weight excluding hydrogens is 1030 g/mol. The molecule has 1 amide bonds. The lowest BCUT2D eigenvalue weighted by Gasteiger charge is -2.41. The van der Waals surface area contributed by atoms with Crippen LogP contribution in [0, 0.1) is 0 Å². The number of ether oxygens (including phenoxy) is 3. The Morgan fingerprint density at radius 3 is 1.33 bits per heavy atom. The van der Waals surface area contributed by atoms with Gasteiger partial charge < -0.3 is 45.1 Å². The number of nitrogens with one attached hydrogen (secondary N) is 1. The Balaban J connectivity index is 2.60. The predicted octanol–water partition coefficient (Wildman–Crippen LogP) is 16.9. The van der Waals surface area contributed by atoms with Crippen LogP contribution in [-0.2, 0) is 23.8 Å². The summed E-state index contributed by atoms with van der Waals surface area (Å²) in [5, 5.41) is 57.1. The topological polar surface area (TPSA) is 175 Å². The first-order valence-electron chi connectivity index (χ1n) is 33.9. The maximum absolute atomic E-state index is 13.4. The number of esters is 1. The molecule has 1 aliphatic heterocycles. The fourth-order valence-electron chi connectivity index (χ4n) is 10.2. The molecule has 1 fully saturated rings. The molecule has 1 heterocycles. The molecule has 0 aromatic carbocycles. The molecule has 0 aromatic rings. The summed E-state index contributed by atoms with van der Waals surface area (Å²) in [5.74, 6) is -1.20. The third-order valence-corrected chi connectivity index (χ3v) is 15.5. The van der Waals surface area contributed by atoms with Crippen LogP contribution in [0.1, 0.15) is 290 Å². The fraction of sp³-hybridized carbons (Fsp3) is 0.775. The minimum atomic E-state index is -1.62. The van der Waals surface area contributed by atoms with E-state index in [0.717, 1.165) is 116 Å². The van der Waals surface area contributed by atoms with E-state index in [2.05, 4.69) is 99.0 Å². The van der Waals surface area contributed by atoms with Crippen molar-refractivity contribution < 1.29 is 49.3 Å². The third kappa shape index (κ3) is 45.2. The highest BCUT2D eigenvalue weighted by atomic mass is 16.7. The summed E-state index contributed by atoms with van der Waals surface area (Å²) in [6, 6.07) is -1.03. The van der Waals surface area contributed by atoms with Gasteiger partial charge in [0.2, 0.25) is 5.91 Å². The first-order valence-corrected chi connectivity index (χ1v) is 33.9. The van der Waals surface area contributed by atoms with Gasteiger partial charge in [-0.25, -0.2) is 0 Å². The van der Waals surface area contributed by atoms with Gasteiger partial charge in [-0.1, -0.05) is 273 Å². The molecule has 8 atom stereocenters. The Bertz CT molecular complexity index is 1660. The zero-order valence-corrected chi connectivity index (χ0v) is 52.6. The zero-order valence-electron chi connectivity index (χ0n) is 52.6. The average Bonchev–Trinajstić information content (AvgIpc) is 3.56. The van der Waals surface area contributed by atoms with Crippen molar-refractivity contribution in [3.63, 3.8) is 0 Å². The van der Waals surface area contributed by atoms with E-state index in [1.807, 2.05) is 6.08 Å². The Kier molecular flexibility index (Phi) is 54.6. The van der Waals surface area contributed by atoms with Crippen LogP contribution in [0.2, 0.25) is 0 Å². The van der Waals surface area contributed by atoms with Crippen LogP contribution in [0.3, 0.4) is 0 Å². The molecule has 0 radical (unpaired) electrons. The number of hydrogen-bond acceptors (Lipinski definition) is 10. The molecule has 82 heavy (non-hydrogen) atoms. The highest BCUT2D eigenvalue weighted by Crippen LogP contribution is 2.26. The van der Waals surface area contributed by atoms with E-state index in [-0.39, 0.29) is 19.4 Å². The number of aliphatic hydroxyl groups excluding tert-OH is 5. The van der Waals surface area contributed by atoms with Crippen LogP contribution < -0.4 is 5.32 Å². The van der Waals surface area contributed by atoms with Crippen LogP contribution in [0.4, 0.5) is 0 Å². The van der Waals surface area contributed by atoms with Crippen molar-refractivity contribution in [2.24, 2.45) is 0 Å². The van der Waals surface area contributed by atoms with Gasteiger partial charge in [-0.05, 0) is 96.3 Å². The van der Waals surface area contributed by atoms with Crippen LogP contribution >= 0.6 is 0 Å². The van der Waals surface area contributed by atoms with Gasteiger partial charge in [-0.15, -0.1) is 0 Å². The molecule has 0 aliphatic carbocycles.